The molecule has 0 bridgehead atoms. The second kappa shape index (κ2) is 9.90. The molecule has 0 unspecified atom stereocenters. The van der Waals surface area contributed by atoms with E-state index in [1.54, 1.807) is 24.4 Å². The number of pyridine rings is 1. The van der Waals surface area contributed by atoms with Crippen molar-refractivity contribution in [2.75, 3.05) is 48.7 Å². The third-order valence-corrected chi connectivity index (χ3v) is 7.29. The highest BCUT2D eigenvalue weighted by Crippen LogP contribution is 2.24. The van der Waals surface area contributed by atoms with Crippen LogP contribution in [0.25, 0.3) is 0 Å². The fraction of sp³-hybridized carbons (Fsp3) is 0.333. The SMILES string of the molecule is O=S(=O)(CCNC(=S)Nc1ccc(Cl)c(Cl)c1)N1CCN(c2ccccn2)CC1. The second-order valence-electron chi connectivity index (χ2n) is 6.40. The number of aromatic nitrogens is 1. The summed E-state index contributed by atoms with van der Waals surface area (Å²) in [5, 5.41) is 7.04. The van der Waals surface area contributed by atoms with Gasteiger partial charge in [-0.15, -0.1) is 0 Å². The van der Waals surface area contributed by atoms with Crippen molar-refractivity contribution in [2.24, 2.45) is 0 Å². The molecule has 1 saturated heterocycles. The Bertz CT molecular complexity index is 952. The maximum absolute atomic E-state index is 12.6. The van der Waals surface area contributed by atoms with Gasteiger partial charge in [0.2, 0.25) is 10.0 Å². The molecule has 11 heteroatoms. The third-order valence-electron chi connectivity index (χ3n) is 4.43. The standard InChI is InChI=1S/C18H21Cl2N5O2S2/c19-15-5-4-14(13-16(15)20)23-18(28)22-7-12-29(26,27)25-10-8-24(9-11-25)17-3-1-2-6-21-17/h1-6,13H,7-12H2,(H2,22,23,28). The van der Waals surface area contributed by atoms with E-state index in [0.29, 0.717) is 47.0 Å². The number of piperazine rings is 1. The molecule has 0 radical (unpaired) electrons. The number of hydrogen-bond donors (Lipinski definition) is 2. The summed E-state index contributed by atoms with van der Waals surface area (Å²) in [5.41, 5.74) is 0.672. The lowest BCUT2D eigenvalue weighted by atomic mass is 10.3. The largest absolute Gasteiger partial charge is 0.361 e. The Morgan fingerprint density at radius 2 is 1.86 bits per heavy atom. The van der Waals surface area contributed by atoms with Gasteiger partial charge in [0.15, 0.2) is 5.11 Å². The number of nitrogens with one attached hydrogen (secondary N) is 2. The molecule has 156 valence electrons. The van der Waals surface area contributed by atoms with Crippen molar-refractivity contribution in [3.8, 4) is 0 Å². The summed E-state index contributed by atoms with van der Waals surface area (Å²) in [6, 6.07) is 10.7. The monoisotopic (exact) mass is 473 g/mol. The number of sulfonamides is 1. The number of thiocarbonyl (C=S) groups is 1. The molecule has 1 aliphatic rings. The van der Waals surface area contributed by atoms with E-state index in [2.05, 4.69) is 20.5 Å². The van der Waals surface area contributed by atoms with Gasteiger partial charge in [-0.3, -0.25) is 0 Å². The van der Waals surface area contributed by atoms with Gasteiger partial charge in [-0.05, 0) is 42.5 Å². The molecule has 0 atom stereocenters. The quantitative estimate of drug-likeness (QED) is 0.624. The third kappa shape index (κ3) is 6.16. The predicted octanol–water partition coefficient (Wildman–Crippen LogP) is 2.83. The Kier molecular flexibility index (Phi) is 7.53. The molecular formula is C18H21Cl2N5O2S2. The van der Waals surface area contributed by atoms with E-state index < -0.39 is 10.0 Å². The van der Waals surface area contributed by atoms with E-state index in [0.717, 1.165) is 5.82 Å². The number of halogens is 2. The normalized spacial score (nSPS) is 15.2. The Hall–Kier alpha value is -1.65. The van der Waals surface area contributed by atoms with Crippen LogP contribution < -0.4 is 15.5 Å². The lowest BCUT2D eigenvalue weighted by Gasteiger charge is -2.34. The molecule has 2 aromatic rings. The summed E-state index contributed by atoms with van der Waals surface area (Å²) in [4.78, 5) is 6.40. The van der Waals surface area contributed by atoms with Crippen LogP contribution in [0.5, 0.6) is 0 Å². The van der Waals surface area contributed by atoms with Crippen molar-refractivity contribution in [3.05, 3.63) is 52.6 Å². The Morgan fingerprint density at radius 1 is 1.10 bits per heavy atom. The Balaban J connectivity index is 1.44. The molecular weight excluding hydrogens is 453 g/mol. The van der Waals surface area contributed by atoms with Gasteiger partial charge in [-0.25, -0.2) is 13.4 Å². The highest BCUT2D eigenvalue weighted by Gasteiger charge is 2.27. The summed E-state index contributed by atoms with van der Waals surface area (Å²) in [5.74, 6) is 0.824. The molecule has 1 aliphatic heterocycles. The zero-order valence-electron chi connectivity index (χ0n) is 15.5. The van der Waals surface area contributed by atoms with Crippen LogP contribution in [-0.2, 0) is 10.0 Å². The maximum Gasteiger partial charge on any atom is 0.215 e. The lowest BCUT2D eigenvalue weighted by molar-refractivity contribution is 0.384. The first-order chi connectivity index (χ1) is 13.8. The van der Waals surface area contributed by atoms with Gasteiger partial charge in [0, 0.05) is 44.6 Å². The molecule has 2 heterocycles. The summed E-state index contributed by atoms with van der Waals surface area (Å²) in [6.07, 6.45) is 1.74. The number of hydrogen-bond acceptors (Lipinski definition) is 5. The van der Waals surface area contributed by atoms with Gasteiger partial charge in [0.05, 0.1) is 15.8 Å². The highest BCUT2D eigenvalue weighted by atomic mass is 35.5. The van der Waals surface area contributed by atoms with Gasteiger partial charge in [-0.2, -0.15) is 4.31 Å². The number of anilines is 2. The van der Waals surface area contributed by atoms with Gasteiger partial charge in [-0.1, -0.05) is 29.3 Å². The minimum atomic E-state index is -3.37. The second-order valence-corrected chi connectivity index (χ2v) is 9.71. The van der Waals surface area contributed by atoms with Crippen molar-refractivity contribution in [2.45, 2.75) is 0 Å². The average molecular weight is 474 g/mol. The molecule has 0 amide bonds. The zero-order chi connectivity index (χ0) is 20.9. The van der Waals surface area contributed by atoms with E-state index in [4.69, 9.17) is 35.4 Å². The molecule has 1 fully saturated rings. The van der Waals surface area contributed by atoms with Crippen LogP contribution in [0, 0.1) is 0 Å². The first-order valence-electron chi connectivity index (χ1n) is 8.99. The first-order valence-corrected chi connectivity index (χ1v) is 11.8. The van der Waals surface area contributed by atoms with Gasteiger partial charge < -0.3 is 15.5 Å². The van der Waals surface area contributed by atoms with E-state index in [-0.39, 0.29) is 12.3 Å². The smallest absolute Gasteiger partial charge is 0.215 e. The van der Waals surface area contributed by atoms with Crippen molar-refractivity contribution in [1.29, 1.82) is 0 Å². The van der Waals surface area contributed by atoms with Crippen LogP contribution in [0.2, 0.25) is 10.0 Å². The fourth-order valence-corrected chi connectivity index (χ4v) is 4.76. The first kappa shape index (κ1) is 22.0. The van der Waals surface area contributed by atoms with E-state index >= 15 is 0 Å². The van der Waals surface area contributed by atoms with Crippen molar-refractivity contribution < 1.29 is 8.42 Å². The molecule has 1 aromatic carbocycles. The Labute approximate surface area is 186 Å². The van der Waals surface area contributed by atoms with Crippen molar-refractivity contribution >= 4 is 62.1 Å². The number of nitrogens with zero attached hydrogens (tertiary/aromatic N) is 3. The van der Waals surface area contributed by atoms with Crippen LogP contribution in [0.3, 0.4) is 0 Å². The van der Waals surface area contributed by atoms with Gasteiger partial charge >= 0.3 is 0 Å². The van der Waals surface area contributed by atoms with Crippen LogP contribution in [0.4, 0.5) is 11.5 Å². The minimum absolute atomic E-state index is 0.0419. The molecule has 0 spiro atoms. The van der Waals surface area contributed by atoms with Crippen molar-refractivity contribution in [1.82, 2.24) is 14.6 Å². The molecule has 0 saturated carbocycles. The zero-order valence-corrected chi connectivity index (χ0v) is 18.7. The maximum atomic E-state index is 12.6. The molecule has 29 heavy (non-hydrogen) atoms. The molecule has 7 nitrogen and oxygen atoms in total. The molecule has 0 aliphatic carbocycles. The average Bonchev–Trinajstić information content (AvgIpc) is 2.71. The fourth-order valence-electron chi connectivity index (χ4n) is 2.91. The van der Waals surface area contributed by atoms with E-state index in [1.807, 2.05) is 18.2 Å². The Morgan fingerprint density at radius 3 is 2.52 bits per heavy atom. The summed E-state index contributed by atoms with van der Waals surface area (Å²) in [6.45, 7) is 2.30. The summed E-state index contributed by atoms with van der Waals surface area (Å²) < 4.78 is 26.7. The lowest BCUT2D eigenvalue weighted by Crippen LogP contribution is -2.50. The summed E-state index contributed by atoms with van der Waals surface area (Å²) in [7, 11) is -3.37. The molecule has 1 aromatic heterocycles. The predicted molar refractivity (Wildman–Crippen MR) is 122 cm³/mol. The number of rotatable bonds is 6. The van der Waals surface area contributed by atoms with Gasteiger partial charge in [0.25, 0.3) is 0 Å². The molecule has 3 rings (SSSR count). The van der Waals surface area contributed by atoms with E-state index in [9.17, 15) is 8.42 Å². The summed E-state index contributed by atoms with van der Waals surface area (Å²) >= 11 is 17.1. The number of benzene rings is 1. The topological polar surface area (TPSA) is 77.6 Å². The molecule has 2 N–H and O–H groups in total. The highest BCUT2D eigenvalue weighted by molar-refractivity contribution is 7.89. The van der Waals surface area contributed by atoms with Gasteiger partial charge in [0.1, 0.15) is 5.82 Å². The minimum Gasteiger partial charge on any atom is -0.361 e. The van der Waals surface area contributed by atoms with Crippen LogP contribution >= 0.6 is 35.4 Å². The van der Waals surface area contributed by atoms with Crippen LogP contribution in [-0.4, -0.2) is 61.3 Å². The van der Waals surface area contributed by atoms with Crippen LogP contribution in [0.1, 0.15) is 0 Å². The van der Waals surface area contributed by atoms with E-state index in [1.165, 1.54) is 4.31 Å². The van der Waals surface area contributed by atoms with Crippen LogP contribution in [0.15, 0.2) is 42.6 Å². The van der Waals surface area contributed by atoms with Crippen molar-refractivity contribution in [3.63, 3.8) is 0 Å².